The molecule has 4 nitrogen and oxygen atoms in total. The van der Waals surface area contributed by atoms with E-state index in [1.165, 1.54) is 0 Å². The molecule has 19 heavy (non-hydrogen) atoms. The van der Waals surface area contributed by atoms with Gasteiger partial charge in [-0.15, -0.1) is 0 Å². The molecule has 0 radical (unpaired) electrons. The highest BCUT2D eigenvalue weighted by molar-refractivity contribution is 5.26. The third-order valence-electron chi connectivity index (χ3n) is 2.63. The standard InChI is InChI=1S/C15H24O4/c1-4-18-15(19-5-2)10-11-17-12-13-6-8-14(16-3)9-7-13/h6-9,15H,4-5,10-12H2,1-3H3. The van der Waals surface area contributed by atoms with Crippen LogP contribution >= 0.6 is 0 Å². The van der Waals surface area contributed by atoms with Crippen molar-refractivity contribution < 1.29 is 18.9 Å². The lowest BCUT2D eigenvalue weighted by atomic mass is 10.2. The summed E-state index contributed by atoms with van der Waals surface area (Å²) >= 11 is 0. The van der Waals surface area contributed by atoms with Gasteiger partial charge in [-0.1, -0.05) is 12.1 Å². The molecule has 0 aromatic heterocycles. The van der Waals surface area contributed by atoms with Crippen molar-refractivity contribution in [3.8, 4) is 5.75 Å². The fourth-order valence-corrected chi connectivity index (χ4v) is 1.68. The van der Waals surface area contributed by atoms with Gasteiger partial charge < -0.3 is 18.9 Å². The van der Waals surface area contributed by atoms with Crippen LogP contribution in [0.2, 0.25) is 0 Å². The van der Waals surface area contributed by atoms with Gasteiger partial charge in [0.25, 0.3) is 0 Å². The van der Waals surface area contributed by atoms with Crippen molar-refractivity contribution in [1.82, 2.24) is 0 Å². The summed E-state index contributed by atoms with van der Waals surface area (Å²) in [6.07, 6.45) is 0.587. The molecule has 1 aromatic carbocycles. The van der Waals surface area contributed by atoms with Gasteiger partial charge in [-0.3, -0.25) is 0 Å². The minimum Gasteiger partial charge on any atom is -0.497 e. The number of hydrogen-bond donors (Lipinski definition) is 0. The number of methoxy groups -OCH3 is 1. The van der Waals surface area contributed by atoms with Crippen molar-refractivity contribution in [3.05, 3.63) is 29.8 Å². The van der Waals surface area contributed by atoms with Crippen molar-refractivity contribution in [2.24, 2.45) is 0 Å². The predicted molar refractivity (Wildman–Crippen MR) is 74.3 cm³/mol. The summed E-state index contributed by atoms with van der Waals surface area (Å²) < 4.78 is 21.6. The predicted octanol–water partition coefficient (Wildman–Crippen LogP) is 3.00. The van der Waals surface area contributed by atoms with Crippen LogP contribution in [0.1, 0.15) is 25.8 Å². The molecule has 0 N–H and O–H groups in total. The van der Waals surface area contributed by atoms with E-state index < -0.39 is 0 Å². The summed E-state index contributed by atoms with van der Waals surface area (Å²) in [7, 11) is 1.66. The topological polar surface area (TPSA) is 36.9 Å². The van der Waals surface area contributed by atoms with E-state index in [4.69, 9.17) is 18.9 Å². The molecular weight excluding hydrogens is 244 g/mol. The first-order valence-corrected chi connectivity index (χ1v) is 6.74. The van der Waals surface area contributed by atoms with E-state index in [0.29, 0.717) is 26.4 Å². The Hall–Kier alpha value is -1.10. The van der Waals surface area contributed by atoms with Crippen LogP contribution in [0.3, 0.4) is 0 Å². The van der Waals surface area contributed by atoms with Crippen molar-refractivity contribution in [3.63, 3.8) is 0 Å². The van der Waals surface area contributed by atoms with Crippen molar-refractivity contribution in [1.29, 1.82) is 0 Å². The average molecular weight is 268 g/mol. The lowest BCUT2D eigenvalue weighted by Crippen LogP contribution is -2.19. The Balaban J connectivity index is 2.21. The highest BCUT2D eigenvalue weighted by atomic mass is 16.7. The fraction of sp³-hybridized carbons (Fsp3) is 0.600. The first-order chi connectivity index (χ1) is 9.30. The number of hydrogen-bond acceptors (Lipinski definition) is 4. The van der Waals surface area contributed by atoms with Crippen LogP contribution in [0, 0.1) is 0 Å². The molecule has 0 saturated carbocycles. The molecule has 0 spiro atoms. The molecule has 0 amide bonds. The Bertz CT molecular complexity index is 317. The Labute approximate surface area is 115 Å². The van der Waals surface area contributed by atoms with Gasteiger partial charge in [0.1, 0.15) is 5.75 Å². The second-order valence-electron chi connectivity index (χ2n) is 4.03. The summed E-state index contributed by atoms with van der Waals surface area (Å²) in [6.45, 7) is 6.45. The zero-order valence-corrected chi connectivity index (χ0v) is 12.1. The number of benzene rings is 1. The van der Waals surface area contributed by atoms with Gasteiger partial charge in [0.2, 0.25) is 0 Å². The molecule has 0 fully saturated rings. The fourth-order valence-electron chi connectivity index (χ4n) is 1.68. The second kappa shape index (κ2) is 9.78. The second-order valence-corrected chi connectivity index (χ2v) is 4.03. The summed E-state index contributed by atoms with van der Waals surface area (Å²) in [4.78, 5) is 0. The van der Waals surface area contributed by atoms with E-state index in [1.807, 2.05) is 38.1 Å². The summed E-state index contributed by atoms with van der Waals surface area (Å²) in [5.41, 5.74) is 1.13. The molecule has 4 heteroatoms. The molecule has 0 unspecified atom stereocenters. The minimum absolute atomic E-state index is 0.161. The lowest BCUT2D eigenvalue weighted by molar-refractivity contribution is -0.147. The van der Waals surface area contributed by atoms with Crippen LogP contribution in [0.15, 0.2) is 24.3 Å². The SMILES string of the molecule is CCOC(CCOCc1ccc(OC)cc1)OCC. The van der Waals surface area contributed by atoms with Gasteiger partial charge in [0.15, 0.2) is 6.29 Å². The maximum atomic E-state index is 5.62. The number of ether oxygens (including phenoxy) is 4. The minimum atomic E-state index is -0.161. The molecule has 0 aliphatic heterocycles. The molecule has 0 bridgehead atoms. The molecule has 1 aromatic rings. The van der Waals surface area contributed by atoms with Gasteiger partial charge in [0.05, 0.1) is 20.3 Å². The Morgan fingerprint density at radius 3 is 2.16 bits per heavy atom. The van der Waals surface area contributed by atoms with Crippen LogP contribution in [0.5, 0.6) is 5.75 Å². The van der Waals surface area contributed by atoms with Gasteiger partial charge >= 0.3 is 0 Å². The third-order valence-corrected chi connectivity index (χ3v) is 2.63. The van der Waals surface area contributed by atoms with Crippen LogP contribution in [0.25, 0.3) is 0 Å². The molecule has 0 heterocycles. The maximum Gasteiger partial charge on any atom is 0.159 e. The van der Waals surface area contributed by atoms with Gasteiger partial charge in [-0.05, 0) is 31.5 Å². The Morgan fingerprint density at radius 2 is 1.63 bits per heavy atom. The number of rotatable bonds is 10. The van der Waals surface area contributed by atoms with Gasteiger partial charge in [0, 0.05) is 19.6 Å². The first-order valence-electron chi connectivity index (χ1n) is 6.74. The Morgan fingerprint density at radius 1 is 1.00 bits per heavy atom. The van der Waals surface area contributed by atoms with E-state index in [-0.39, 0.29) is 6.29 Å². The molecule has 0 saturated heterocycles. The monoisotopic (exact) mass is 268 g/mol. The largest absolute Gasteiger partial charge is 0.497 e. The molecule has 0 aliphatic carbocycles. The quantitative estimate of drug-likeness (QED) is 0.483. The van der Waals surface area contributed by atoms with Crippen molar-refractivity contribution in [2.75, 3.05) is 26.9 Å². The average Bonchev–Trinajstić information content (AvgIpc) is 2.44. The first kappa shape index (κ1) is 16.0. The van der Waals surface area contributed by atoms with Gasteiger partial charge in [-0.2, -0.15) is 0 Å². The smallest absolute Gasteiger partial charge is 0.159 e. The molecule has 108 valence electrons. The van der Waals surface area contributed by atoms with Crippen LogP contribution in [0.4, 0.5) is 0 Å². The highest BCUT2D eigenvalue weighted by Gasteiger charge is 2.07. The van der Waals surface area contributed by atoms with Crippen LogP contribution in [-0.2, 0) is 20.8 Å². The third kappa shape index (κ3) is 6.57. The lowest BCUT2D eigenvalue weighted by Gasteiger charge is -2.16. The maximum absolute atomic E-state index is 5.62. The van der Waals surface area contributed by atoms with E-state index in [2.05, 4.69) is 0 Å². The van der Waals surface area contributed by atoms with E-state index in [0.717, 1.165) is 17.7 Å². The van der Waals surface area contributed by atoms with E-state index in [1.54, 1.807) is 7.11 Å². The van der Waals surface area contributed by atoms with Gasteiger partial charge in [-0.25, -0.2) is 0 Å². The summed E-state index contributed by atoms with van der Waals surface area (Å²) in [6, 6.07) is 7.87. The molecular formula is C15H24O4. The van der Waals surface area contributed by atoms with E-state index in [9.17, 15) is 0 Å². The summed E-state index contributed by atoms with van der Waals surface area (Å²) in [5.74, 6) is 0.858. The van der Waals surface area contributed by atoms with Crippen LogP contribution < -0.4 is 4.74 Å². The summed E-state index contributed by atoms with van der Waals surface area (Å²) in [5, 5.41) is 0. The Kier molecular flexibility index (Phi) is 8.21. The van der Waals surface area contributed by atoms with Crippen LogP contribution in [-0.4, -0.2) is 33.2 Å². The zero-order chi connectivity index (χ0) is 13.9. The zero-order valence-electron chi connectivity index (χ0n) is 12.1. The molecule has 1 rings (SSSR count). The van der Waals surface area contributed by atoms with Crippen molar-refractivity contribution in [2.45, 2.75) is 33.2 Å². The molecule has 0 atom stereocenters. The molecule has 0 aliphatic rings. The van der Waals surface area contributed by atoms with E-state index >= 15 is 0 Å². The normalized spacial score (nSPS) is 10.9. The highest BCUT2D eigenvalue weighted by Crippen LogP contribution is 2.12. The van der Waals surface area contributed by atoms with Crippen molar-refractivity contribution >= 4 is 0 Å².